The molecule has 158 valence electrons. The van der Waals surface area contributed by atoms with Gasteiger partial charge in [-0.05, 0) is 41.5 Å². The molecular formula is C24H17Br2N4O2+. The van der Waals surface area contributed by atoms with Crippen LogP contribution in [0.4, 0.5) is 0 Å². The molecule has 0 spiro atoms. The number of halogens is 2. The van der Waals surface area contributed by atoms with Crippen molar-refractivity contribution >= 4 is 37.8 Å². The third-order valence-corrected chi connectivity index (χ3v) is 6.80. The molecular weight excluding hydrogens is 536 g/mol. The van der Waals surface area contributed by atoms with Crippen molar-refractivity contribution in [3.63, 3.8) is 0 Å². The molecule has 1 amide bonds. The van der Waals surface area contributed by atoms with Crippen LogP contribution in [-0.2, 0) is 4.79 Å². The van der Waals surface area contributed by atoms with Gasteiger partial charge in [-0.2, -0.15) is 15.1 Å². The number of aromatic hydroxyl groups is 1. The Morgan fingerprint density at radius 1 is 0.938 bits per heavy atom. The van der Waals surface area contributed by atoms with Gasteiger partial charge in [0.05, 0.1) is 24.1 Å². The van der Waals surface area contributed by atoms with E-state index < -0.39 is 23.4 Å². The fraction of sp³-hybridized carbons (Fsp3) is 0.167. The van der Waals surface area contributed by atoms with Crippen molar-refractivity contribution < 1.29 is 14.5 Å². The average molecular weight is 553 g/mol. The van der Waals surface area contributed by atoms with Gasteiger partial charge in [-0.25, -0.2) is 0 Å². The van der Waals surface area contributed by atoms with Crippen LogP contribution in [0.2, 0.25) is 0 Å². The molecule has 4 rings (SSSR count). The number of amides is 1. The van der Waals surface area contributed by atoms with Gasteiger partial charge in [0.2, 0.25) is 12.2 Å². The van der Waals surface area contributed by atoms with Gasteiger partial charge in [0, 0.05) is 15.0 Å². The van der Waals surface area contributed by atoms with Gasteiger partial charge in [-0.1, -0.05) is 56.1 Å². The Labute approximate surface area is 202 Å². The van der Waals surface area contributed by atoms with Crippen LogP contribution in [0.25, 0.3) is 0 Å². The van der Waals surface area contributed by atoms with Crippen LogP contribution in [-0.4, -0.2) is 11.0 Å². The third kappa shape index (κ3) is 3.77. The fourth-order valence-electron chi connectivity index (χ4n) is 4.29. The number of benzene rings is 2. The first-order valence-electron chi connectivity index (χ1n) is 9.73. The number of carbonyl (C=O) groups excluding carboxylic acids is 1. The predicted octanol–water partition coefficient (Wildman–Crippen LogP) is 4.43. The van der Waals surface area contributed by atoms with Gasteiger partial charge >= 0.3 is 0 Å². The average Bonchev–Trinajstić information content (AvgIpc) is 2.80. The predicted molar refractivity (Wildman–Crippen MR) is 123 cm³/mol. The van der Waals surface area contributed by atoms with Gasteiger partial charge in [-0.15, -0.1) is 0 Å². The topological polar surface area (TPSA) is 101 Å². The Morgan fingerprint density at radius 3 is 2.03 bits per heavy atom. The molecule has 3 aromatic rings. The van der Waals surface area contributed by atoms with Gasteiger partial charge in [0.1, 0.15) is 0 Å². The van der Waals surface area contributed by atoms with Crippen molar-refractivity contribution in [2.75, 3.05) is 0 Å². The van der Waals surface area contributed by atoms with E-state index in [1.807, 2.05) is 36.4 Å². The first-order valence-corrected chi connectivity index (χ1v) is 11.3. The van der Waals surface area contributed by atoms with Gasteiger partial charge in [-0.3, -0.25) is 4.79 Å². The zero-order valence-corrected chi connectivity index (χ0v) is 19.8. The molecule has 1 aliphatic rings. The van der Waals surface area contributed by atoms with Crippen molar-refractivity contribution in [2.24, 2.45) is 5.41 Å². The van der Waals surface area contributed by atoms with Crippen LogP contribution in [0.1, 0.15) is 29.1 Å². The molecule has 1 saturated heterocycles. The van der Waals surface area contributed by atoms with Crippen LogP contribution in [0.15, 0.2) is 82.0 Å². The molecule has 8 heteroatoms. The lowest BCUT2D eigenvalue weighted by atomic mass is 9.62. The summed E-state index contributed by atoms with van der Waals surface area (Å²) in [6.45, 7) is 0. The highest BCUT2D eigenvalue weighted by molar-refractivity contribution is 9.10. The molecule has 3 atom stereocenters. The highest BCUT2D eigenvalue weighted by atomic mass is 79.9. The van der Waals surface area contributed by atoms with Gasteiger partial charge in [0.15, 0.2) is 17.4 Å². The molecule has 2 N–H and O–H groups in total. The lowest BCUT2D eigenvalue weighted by molar-refractivity contribution is -0.715. The van der Waals surface area contributed by atoms with E-state index in [-0.39, 0.29) is 11.7 Å². The number of pyridine rings is 1. The second kappa shape index (κ2) is 8.74. The van der Waals surface area contributed by atoms with E-state index in [0.29, 0.717) is 11.1 Å². The molecule has 32 heavy (non-hydrogen) atoms. The van der Waals surface area contributed by atoms with E-state index in [9.17, 15) is 20.4 Å². The summed E-state index contributed by atoms with van der Waals surface area (Å²) in [6, 6.07) is 20.3. The number of hydrogen-bond acceptors (Lipinski definition) is 4. The molecule has 0 bridgehead atoms. The molecule has 1 fully saturated rings. The largest absolute Gasteiger partial charge is 0.503 e. The minimum Gasteiger partial charge on any atom is -0.503 e. The van der Waals surface area contributed by atoms with Crippen molar-refractivity contribution in [3.05, 3.63) is 93.1 Å². The molecule has 2 heterocycles. The van der Waals surface area contributed by atoms with Gasteiger partial charge in [0.25, 0.3) is 5.91 Å². The first-order chi connectivity index (χ1) is 15.4. The Bertz CT molecular complexity index is 1230. The van der Waals surface area contributed by atoms with Crippen molar-refractivity contribution in [1.29, 1.82) is 10.5 Å². The standard InChI is InChI=1S/C24H16Br2N4O2/c25-17-7-3-15(4-8-17)20-21(30-11-1-2-19(31)12-30)23(32)29-22(24(20,13-27)14-28)16-5-9-18(26)10-6-16/h1-12,20-22H,(H-,29,31,32)/p+1. The van der Waals surface area contributed by atoms with Crippen LogP contribution in [0.5, 0.6) is 5.75 Å². The summed E-state index contributed by atoms with van der Waals surface area (Å²) in [5.74, 6) is -1.17. The Kier molecular flexibility index (Phi) is 6.01. The maximum absolute atomic E-state index is 13.5. The summed E-state index contributed by atoms with van der Waals surface area (Å²) in [6.07, 6.45) is 3.07. The quantitative estimate of drug-likeness (QED) is 0.469. The number of hydrogen-bond donors (Lipinski definition) is 2. The summed E-state index contributed by atoms with van der Waals surface area (Å²) < 4.78 is 3.24. The molecule has 0 radical (unpaired) electrons. The Morgan fingerprint density at radius 2 is 1.50 bits per heavy atom. The molecule has 2 aromatic carbocycles. The monoisotopic (exact) mass is 551 g/mol. The van der Waals surface area contributed by atoms with E-state index in [1.165, 1.54) is 12.3 Å². The smallest absolute Gasteiger partial charge is 0.290 e. The summed E-state index contributed by atoms with van der Waals surface area (Å²) >= 11 is 6.81. The summed E-state index contributed by atoms with van der Waals surface area (Å²) in [4.78, 5) is 13.5. The lowest BCUT2D eigenvalue weighted by Crippen LogP contribution is -2.61. The lowest BCUT2D eigenvalue weighted by Gasteiger charge is -2.42. The summed E-state index contributed by atoms with van der Waals surface area (Å²) in [5.41, 5.74) is -0.279. The van der Waals surface area contributed by atoms with Crippen molar-refractivity contribution in [1.82, 2.24) is 5.32 Å². The minimum atomic E-state index is -1.61. The number of carbonyl (C=O) groups is 1. The molecule has 0 aliphatic carbocycles. The highest BCUT2D eigenvalue weighted by Gasteiger charge is 2.61. The first kappa shape index (κ1) is 22.0. The van der Waals surface area contributed by atoms with Crippen LogP contribution in [0, 0.1) is 28.1 Å². The molecule has 6 nitrogen and oxygen atoms in total. The van der Waals surface area contributed by atoms with E-state index in [2.05, 4.69) is 49.3 Å². The number of piperidine rings is 1. The highest BCUT2D eigenvalue weighted by Crippen LogP contribution is 2.52. The Balaban J connectivity index is 1.97. The second-order valence-electron chi connectivity index (χ2n) is 7.57. The van der Waals surface area contributed by atoms with E-state index in [1.54, 1.807) is 29.0 Å². The third-order valence-electron chi connectivity index (χ3n) is 5.75. The van der Waals surface area contributed by atoms with E-state index >= 15 is 0 Å². The number of aromatic nitrogens is 1. The maximum atomic E-state index is 13.5. The zero-order chi connectivity index (χ0) is 22.9. The molecule has 3 unspecified atom stereocenters. The Hall–Kier alpha value is -3.20. The number of nitrogens with one attached hydrogen (secondary N) is 1. The van der Waals surface area contributed by atoms with Crippen LogP contribution >= 0.6 is 31.9 Å². The summed E-state index contributed by atoms with van der Waals surface area (Å²) in [7, 11) is 0. The maximum Gasteiger partial charge on any atom is 0.290 e. The number of nitrogens with zero attached hydrogens (tertiary/aromatic N) is 3. The molecule has 1 aliphatic heterocycles. The minimum absolute atomic E-state index is 0.0237. The summed E-state index contributed by atoms with van der Waals surface area (Å²) in [5, 5.41) is 33.8. The van der Waals surface area contributed by atoms with E-state index in [4.69, 9.17) is 0 Å². The zero-order valence-electron chi connectivity index (χ0n) is 16.6. The molecule has 1 aromatic heterocycles. The SMILES string of the molecule is N#CC1(C#N)C(c2ccc(Br)cc2)NC(=O)C([n+]2cccc(O)c2)C1c1ccc(Br)cc1. The number of nitriles is 2. The van der Waals surface area contributed by atoms with Crippen molar-refractivity contribution in [2.45, 2.75) is 18.0 Å². The second-order valence-corrected chi connectivity index (χ2v) is 9.40. The normalized spacial score (nSPS) is 21.8. The van der Waals surface area contributed by atoms with Gasteiger partial charge < -0.3 is 10.4 Å². The van der Waals surface area contributed by atoms with E-state index in [0.717, 1.165) is 8.95 Å². The number of rotatable bonds is 3. The van der Waals surface area contributed by atoms with Crippen molar-refractivity contribution in [3.8, 4) is 17.9 Å². The molecule has 0 saturated carbocycles. The fourth-order valence-corrected chi connectivity index (χ4v) is 4.82. The van der Waals surface area contributed by atoms with Crippen LogP contribution < -0.4 is 9.88 Å². The van der Waals surface area contributed by atoms with Crippen LogP contribution in [0.3, 0.4) is 0 Å².